The predicted octanol–water partition coefficient (Wildman–Crippen LogP) is 2.65. The lowest BCUT2D eigenvalue weighted by Crippen LogP contribution is -2.08. The molecule has 1 unspecified atom stereocenters. The van der Waals surface area contributed by atoms with Crippen LogP contribution in [0, 0.1) is 5.82 Å². The lowest BCUT2D eigenvalue weighted by Gasteiger charge is -2.08. The number of halogens is 2. The van der Waals surface area contributed by atoms with Crippen molar-refractivity contribution in [3.63, 3.8) is 0 Å². The summed E-state index contributed by atoms with van der Waals surface area (Å²) in [6.45, 7) is 2.51. The summed E-state index contributed by atoms with van der Waals surface area (Å²) in [5.74, 6) is -0.0170. The summed E-state index contributed by atoms with van der Waals surface area (Å²) in [6.07, 6.45) is 0. The lowest BCUT2D eigenvalue weighted by atomic mass is 10.0. The van der Waals surface area contributed by atoms with Crippen LogP contribution in [-0.4, -0.2) is 6.54 Å². The molecular weight excluding hydrogens is 221 g/mol. The maximum absolute atomic E-state index is 12.9. The predicted molar refractivity (Wildman–Crippen MR) is 51.6 cm³/mol. The van der Waals surface area contributed by atoms with Crippen molar-refractivity contribution >= 4 is 15.9 Å². The monoisotopic (exact) mass is 231 g/mol. The van der Waals surface area contributed by atoms with E-state index in [0.29, 0.717) is 6.54 Å². The number of hydrogen-bond acceptors (Lipinski definition) is 1. The zero-order valence-electron chi connectivity index (χ0n) is 6.85. The van der Waals surface area contributed by atoms with Crippen LogP contribution in [0.25, 0.3) is 0 Å². The molecule has 1 atom stereocenters. The summed E-state index contributed by atoms with van der Waals surface area (Å²) < 4.78 is 13.6. The standard InChI is InChI=1S/C9H11BrFN/c1-6(5-12)7-2-8(10)4-9(11)3-7/h2-4,6H,5,12H2,1H3. The van der Waals surface area contributed by atoms with Gasteiger partial charge in [-0.2, -0.15) is 0 Å². The Morgan fingerprint density at radius 1 is 1.50 bits per heavy atom. The van der Waals surface area contributed by atoms with Gasteiger partial charge in [-0.15, -0.1) is 0 Å². The highest BCUT2D eigenvalue weighted by Gasteiger charge is 2.05. The Bertz CT molecular complexity index is 255. The van der Waals surface area contributed by atoms with Gasteiger partial charge in [0.15, 0.2) is 0 Å². The van der Waals surface area contributed by atoms with Gasteiger partial charge in [0.1, 0.15) is 5.82 Å². The van der Waals surface area contributed by atoms with Crippen molar-refractivity contribution in [2.75, 3.05) is 6.54 Å². The molecule has 66 valence electrons. The van der Waals surface area contributed by atoms with E-state index in [0.717, 1.165) is 10.0 Å². The first-order valence-electron chi connectivity index (χ1n) is 3.79. The van der Waals surface area contributed by atoms with Crippen LogP contribution in [0.3, 0.4) is 0 Å². The third-order valence-corrected chi connectivity index (χ3v) is 2.27. The molecule has 0 saturated carbocycles. The quantitative estimate of drug-likeness (QED) is 0.833. The van der Waals surface area contributed by atoms with Crippen LogP contribution in [0.4, 0.5) is 4.39 Å². The molecule has 0 bridgehead atoms. The maximum Gasteiger partial charge on any atom is 0.124 e. The molecular formula is C9H11BrFN. The Kier molecular flexibility index (Phi) is 3.23. The smallest absolute Gasteiger partial charge is 0.124 e. The van der Waals surface area contributed by atoms with E-state index in [2.05, 4.69) is 15.9 Å². The van der Waals surface area contributed by atoms with E-state index >= 15 is 0 Å². The fourth-order valence-corrected chi connectivity index (χ4v) is 1.48. The Balaban J connectivity index is 3.00. The van der Waals surface area contributed by atoms with Crippen molar-refractivity contribution in [1.29, 1.82) is 0 Å². The van der Waals surface area contributed by atoms with Crippen molar-refractivity contribution in [3.8, 4) is 0 Å². The van der Waals surface area contributed by atoms with Gasteiger partial charge in [-0.3, -0.25) is 0 Å². The Morgan fingerprint density at radius 3 is 2.67 bits per heavy atom. The average molecular weight is 232 g/mol. The first-order chi connectivity index (χ1) is 5.63. The summed E-state index contributed by atoms with van der Waals surface area (Å²) in [5.41, 5.74) is 6.40. The third kappa shape index (κ3) is 2.29. The Hall–Kier alpha value is -0.410. The zero-order valence-corrected chi connectivity index (χ0v) is 8.44. The highest BCUT2D eigenvalue weighted by atomic mass is 79.9. The van der Waals surface area contributed by atoms with E-state index < -0.39 is 0 Å². The van der Waals surface area contributed by atoms with E-state index in [1.165, 1.54) is 12.1 Å². The fourth-order valence-electron chi connectivity index (χ4n) is 0.996. The second-order valence-corrected chi connectivity index (χ2v) is 3.76. The number of rotatable bonds is 2. The average Bonchev–Trinajstić information content (AvgIpc) is 2.01. The Morgan fingerprint density at radius 2 is 2.17 bits per heavy atom. The van der Waals surface area contributed by atoms with Crippen LogP contribution in [0.1, 0.15) is 18.4 Å². The van der Waals surface area contributed by atoms with Gasteiger partial charge in [-0.25, -0.2) is 4.39 Å². The van der Waals surface area contributed by atoms with Crippen molar-refractivity contribution in [2.45, 2.75) is 12.8 Å². The molecule has 1 rings (SSSR count). The second-order valence-electron chi connectivity index (χ2n) is 2.84. The minimum Gasteiger partial charge on any atom is -0.330 e. The van der Waals surface area contributed by atoms with Gasteiger partial charge in [0.05, 0.1) is 0 Å². The van der Waals surface area contributed by atoms with Crippen LogP contribution < -0.4 is 5.73 Å². The summed E-state index contributed by atoms with van der Waals surface area (Å²) in [4.78, 5) is 0. The van der Waals surface area contributed by atoms with Gasteiger partial charge in [-0.05, 0) is 36.2 Å². The fraction of sp³-hybridized carbons (Fsp3) is 0.333. The van der Waals surface area contributed by atoms with Crippen LogP contribution in [0.2, 0.25) is 0 Å². The molecule has 0 heterocycles. The van der Waals surface area contributed by atoms with Gasteiger partial charge in [-0.1, -0.05) is 22.9 Å². The topological polar surface area (TPSA) is 26.0 Å². The van der Waals surface area contributed by atoms with Crippen molar-refractivity contribution in [3.05, 3.63) is 34.1 Å². The van der Waals surface area contributed by atoms with Crippen molar-refractivity contribution < 1.29 is 4.39 Å². The molecule has 0 aliphatic rings. The van der Waals surface area contributed by atoms with E-state index in [1.807, 2.05) is 13.0 Å². The minimum absolute atomic E-state index is 0.206. The number of nitrogens with two attached hydrogens (primary N) is 1. The molecule has 3 heteroatoms. The summed E-state index contributed by atoms with van der Waals surface area (Å²) in [6, 6.07) is 4.84. The van der Waals surface area contributed by atoms with Crippen molar-refractivity contribution in [1.82, 2.24) is 0 Å². The van der Waals surface area contributed by atoms with Gasteiger partial charge in [0.2, 0.25) is 0 Å². The molecule has 1 aromatic rings. The molecule has 0 aromatic heterocycles. The largest absolute Gasteiger partial charge is 0.330 e. The molecule has 0 radical (unpaired) electrons. The highest BCUT2D eigenvalue weighted by molar-refractivity contribution is 9.10. The Labute approximate surface area is 79.9 Å². The van der Waals surface area contributed by atoms with Crippen LogP contribution in [0.5, 0.6) is 0 Å². The second kappa shape index (κ2) is 4.01. The first kappa shape index (κ1) is 9.68. The van der Waals surface area contributed by atoms with Gasteiger partial charge >= 0.3 is 0 Å². The van der Waals surface area contributed by atoms with Gasteiger partial charge in [0, 0.05) is 4.47 Å². The molecule has 0 aliphatic carbocycles. The van der Waals surface area contributed by atoms with E-state index in [4.69, 9.17) is 5.73 Å². The summed E-state index contributed by atoms with van der Waals surface area (Å²) in [7, 11) is 0. The summed E-state index contributed by atoms with van der Waals surface area (Å²) in [5, 5.41) is 0. The van der Waals surface area contributed by atoms with Gasteiger partial charge in [0.25, 0.3) is 0 Å². The lowest BCUT2D eigenvalue weighted by molar-refractivity contribution is 0.620. The summed E-state index contributed by atoms with van der Waals surface area (Å²) >= 11 is 3.23. The van der Waals surface area contributed by atoms with Crippen LogP contribution in [0.15, 0.2) is 22.7 Å². The molecule has 0 amide bonds. The molecule has 12 heavy (non-hydrogen) atoms. The third-order valence-electron chi connectivity index (χ3n) is 1.81. The maximum atomic E-state index is 12.9. The SMILES string of the molecule is CC(CN)c1cc(F)cc(Br)c1. The van der Waals surface area contributed by atoms with Crippen LogP contribution >= 0.6 is 15.9 Å². The normalized spacial score (nSPS) is 13.0. The molecule has 0 spiro atoms. The zero-order chi connectivity index (χ0) is 9.14. The number of benzene rings is 1. The molecule has 2 N–H and O–H groups in total. The highest BCUT2D eigenvalue weighted by Crippen LogP contribution is 2.20. The van der Waals surface area contributed by atoms with E-state index in [-0.39, 0.29) is 11.7 Å². The molecule has 0 aliphatic heterocycles. The molecule has 1 aromatic carbocycles. The van der Waals surface area contributed by atoms with E-state index in [9.17, 15) is 4.39 Å². The van der Waals surface area contributed by atoms with Crippen molar-refractivity contribution in [2.24, 2.45) is 5.73 Å². The molecule has 1 nitrogen and oxygen atoms in total. The van der Waals surface area contributed by atoms with Gasteiger partial charge < -0.3 is 5.73 Å². The van der Waals surface area contributed by atoms with Crippen LogP contribution in [-0.2, 0) is 0 Å². The minimum atomic E-state index is -0.223. The molecule has 0 saturated heterocycles. The van der Waals surface area contributed by atoms with E-state index in [1.54, 1.807) is 0 Å². The molecule has 0 fully saturated rings. The number of hydrogen-bond donors (Lipinski definition) is 1. The first-order valence-corrected chi connectivity index (χ1v) is 4.59.